The Morgan fingerprint density at radius 1 is 1.15 bits per heavy atom. The van der Waals surface area contributed by atoms with E-state index in [9.17, 15) is 5.11 Å². The highest BCUT2D eigenvalue weighted by molar-refractivity contribution is 5.10. The molecule has 26 heavy (non-hydrogen) atoms. The molecule has 4 rings (SSSR count). The van der Waals surface area contributed by atoms with E-state index in [1.54, 1.807) is 0 Å². The van der Waals surface area contributed by atoms with Crippen molar-refractivity contribution < 1.29 is 24.1 Å². The second kappa shape index (κ2) is 6.56. The third-order valence-electron chi connectivity index (χ3n) is 7.09. The predicted molar refractivity (Wildman–Crippen MR) is 97.6 cm³/mol. The van der Waals surface area contributed by atoms with Crippen LogP contribution in [0, 0.1) is 0 Å². The summed E-state index contributed by atoms with van der Waals surface area (Å²) < 4.78 is 25.6. The van der Waals surface area contributed by atoms with Gasteiger partial charge >= 0.3 is 0 Å². The Kier molecular flexibility index (Phi) is 4.76. The lowest BCUT2D eigenvalue weighted by Gasteiger charge is -2.46. The SMILES string of the molecule is CC[C@@]1([C@@H](C)O)CC[C@H]([C@]2(C)CC[C@@]3(CC=C[C@@]4(CCCCO4)O3)O2)O1. The molecule has 3 saturated heterocycles. The van der Waals surface area contributed by atoms with Crippen molar-refractivity contribution in [2.75, 3.05) is 6.61 Å². The summed E-state index contributed by atoms with van der Waals surface area (Å²) in [6.45, 7) is 6.82. The smallest absolute Gasteiger partial charge is 0.191 e. The highest BCUT2D eigenvalue weighted by atomic mass is 16.8. The van der Waals surface area contributed by atoms with Gasteiger partial charge in [0, 0.05) is 19.3 Å². The summed E-state index contributed by atoms with van der Waals surface area (Å²) in [7, 11) is 0. The number of aliphatic hydroxyl groups excluding tert-OH is 1. The van der Waals surface area contributed by atoms with Gasteiger partial charge < -0.3 is 24.1 Å². The summed E-state index contributed by atoms with van der Waals surface area (Å²) in [4.78, 5) is 0. The van der Waals surface area contributed by atoms with Crippen LogP contribution in [0.5, 0.6) is 0 Å². The van der Waals surface area contributed by atoms with Crippen molar-refractivity contribution in [3.63, 3.8) is 0 Å². The van der Waals surface area contributed by atoms with E-state index >= 15 is 0 Å². The highest BCUT2D eigenvalue weighted by Crippen LogP contribution is 2.52. The molecule has 6 atom stereocenters. The Balaban J connectivity index is 1.48. The number of hydrogen-bond acceptors (Lipinski definition) is 5. The van der Waals surface area contributed by atoms with Crippen LogP contribution in [-0.4, -0.2) is 46.7 Å². The molecule has 0 aliphatic carbocycles. The van der Waals surface area contributed by atoms with Crippen molar-refractivity contribution in [3.8, 4) is 0 Å². The normalized spacial score (nSPS) is 49.9. The van der Waals surface area contributed by atoms with Crippen LogP contribution < -0.4 is 0 Å². The summed E-state index contributed by atoms with van der Waals surface area (Å²) in [5.74, 6) is -1.21. The molecule has 5 heteroatoms. The molecule has 5 nitrogen and oxygen atoms in total. The summed E-state index contributed by atoms with van der Waals surface area (Å²) in [5, 5.41) is 10.2. The van der Waals surface area contributed by atoms with Gasteiger partial charge in [-0.15, -0.1) is 0 Å². The van der Waals surface area contributed by atoms with Crippen LogP contribution in [0.4, 0.5) is 0 Å². The second-order valence-corrected chi connectivity index (χ2v) is 8.89. The van der Waals surface area contributed by atoms with Crippen LogP contribution in [-0.2, 0) is 18.9 Å². The average Bonchev–Trinajstić information content (AvgIpc) is 3.20. The number of hydrogen-bond donors (Lipinski definition) is 1. The molecular formula is C21H34O5. The maximum atomic E-state index is 10.2. The average molecular weight is 366 g/mol. The van der Waals surface area contributed by atoms with Gasteiger partial charge in [0.25, 0.3) is 0 Å². The minimum absolute atomic E-state index is 0.00541. The molecule has 1 N–H and O–H groups in total. The molecule has 0 unspecified atom stereocenters. The van der Waals surface area contributed by atoms with Gasteiger partial charge in [0.15, 0.2) is 11.6 Å². The molecule has 0 bridgehead atoms. The third kappa shape index (κ3) is 3.06. The largest absolute Gasteiger partial charge is 0.390 e. The first-order valence-corrected chi connectivity index (χ1v) is 10.4. The standard InChI is InChI=1S/C21H34O5/c1-4-19(16(2)22)12-8-17(24-19)18(3)13-14-21(25-18)11-7-10-20(26-21)9-5-6-15-23-20/h7,10,16-17,22H,4-6,8-9,11-15H2,1-3H3/t16-,17-,18+,19+,20-,21+/m1/s1. The summed E-state index contributed by atoms with van der Waals surface area (Å²) >= 11 is 0. The fourth-order valence-electron chi connectivity index (χ4n) is 5.29. The van der Waals surface area contributed by atoms with Crippen LogP contribution in [0.3, 0.4) is 0 Å². The van der Waals surface area contributed by atoms with E-state index < -0.39 is 23.3 Å². The van der Waals surface area contributed by atoms with Gasteiger partial charge in [-0.2, -0.15) is 0 Å². The van der Waals surface area contributed by atoms with Crippen molar-refractivity contribution in [3.05, 3.63) is 12.2 Å². The Labute approximate surface area is 157 Å². The van der Waals surface area contributed by atoms with E-state index in [1.807, 2.05) is 6.92 Å². The maximum absolute atomic E-state index is 10.2. The van der Waals surface area contributed by atoms with Crippen LogP contribution in [0.15, 0.2) is 12.2 Å². The van der Waals surface area contributed by atoms with Crippen LogP contribution >= 0.6 is 0 Å². The van der Waals surface area contributed by atoms with E-state index in [0.717, 1.165) is 64.4 Å². The summed E-state index contributed by atoms with van der Waals surface area (Å²) in [6.07, 6.45) is 12.0. The summed E-state index contributed by atoms with van der Waals surface area (Å²) in [5.41, 5.74) is -0.819. The molecule has 0 aromatic carbocycles. The van der Waals surface area contributed by atoms with Crippen LogP contribution in [0.1, 0.15) is 78.6 Å². The minimum atomic E-state index is -0.606. The zero-order chi connectivity index (χ0) is 18.5. The highest BCUT2D eigenvalue weighted by Gasteiger charge is 2.58. The molecule has 4 heterocycles. The Bertz CT molecular complexity index is 555. The van der Waals surface area contributed by atoms with Crippen LogP contribution in [0.25, 0.3) is 0 Å². The van der Waals surface area contributed by atoms with E-state index in [-0.39, 0.29) is 11.7 Å². The monoisotopic (exact) mass is 366 g/mol. The van der Waals surface area contributed by atoms with Gasteiger partial charge in [-0.05, 0) is 58.4 Å². The molecular weight excluding hydrogens is 332 g/mol. The number of ether oxygens (including phenoxy) is 4. The van der Waals surface area contributed by atoms with E-state index in [4.69, 9.17) is 18.9 Å². The van der Waals surface area contributed by atoms with E-state index in [1.165, 1.54) is 0 Å². The molecule has 4 aliphatic heterocycles. The van der Waals surface area contributed by atoms with Gasteiger partial charge in [-0.3, -0.25) is 0 Å². The first-order chi connectivity index (χ1) is 12.4. The lowest BCUT2D eigenvalue weighted by molar-refractivity contribution is -0.363. The van der Waals surface area contributed by atoms with Crippen molar-refractivity contribution in [1.82, 2.24) is 0 Å². The second-order valence-electron chi connectivity index (χ2n) is 8.89. The molecule has 0 amide bonds. The van der Waals surface area contributed by atoms with E-state index in [0.29, 0.717) is 0 Å². The Morgan fingerprint density at radius 2 is 2.00 bits per heavy atom. The van der Waals surface area contributed by atoms with Gasteiger partial charge in [-0.25, -0.2) is 0 Å². The van der Waals surface area contributed by atoms with Crippen molar-refractivity contribution in [2.45, 2.75) is 114 Å². The lowest BCUT2D eigenvalue weighted by Crippen LogP contribution is -2.52. The van der Waals surface area contributed by atoms with Crippen LogP contribution in [0.2, 0.25) is 0 Å². The minimum Gasteiger partial charge on any atom is -0.390 e. The zero-order valence-electron chi connectivity index (χ0n) is 16.5. The molecule has 3 fully saturated rings. The fourth-order valence-corrected chi connectivity index (χ4v) is 5.29. The topological polar surface area (TPSA) is 57.2 Å². The quantitative estimate of drug-likeness (QED) is 0.769. The van der Waals surface area contributed by atoms with Gasteiger partial charge in [0.2, 0.25) is 0 Å². The summed E-state index contributed by atoms with van der Waals surface area (Å²) in [6, 6.07) is 0. The van der Waals surface area contributed by atoms with E-state index in [2.05, 4.69) is 26.0 Å². The Hall–Kier alpha value is -0.460. The zero-order valence-corrected chi connectivity index (χ0v) is 16.5. The first kappa shape index (κ1) is 18.9. The van der Waals surface area contributed by atoms with Gasteiger partial charge in [-0.1, -0.05) is 13.0 Å². The number of aliphatic hydroxyl groups is 1. The predicted octanol–water partition coefficient (Wildman–Crippen LogP) is 3.83. The van der Waals surface area contributed by atoms with Gasteiger partial charge in [0.1, 0.15) is 0 Å². The Morgan fingerprint density at radius 3 is 2.65 bits per heavy atom. The molecule has 0 saturated carbocycles. The molecule has 148 valence electrons. The van der Waals surface area contributed by atoms with Gasteiger partial charge in [0.05, 0.1) is 30.0 Å². The molecule has 0 aromatic heterocycles. The maximum Gasteiger partial charge on any atom is 0.191 e. The molecule has 0 aromatic rings. The molecule has 2 spiro atoms. The van der Waals surface area contributed by atoms with Crippen molar-refractivity contribution >= 4 is 0 Å². The third-order valence-corrected chi connectivity index (χ3v) is 7.09. The fraction of sp³-hybridized carbons (Fsp3) is 0.905. The lowest BCUT2D eigenvalue weighted by atomic mass is 9.89. The van der Waals surface area contributed by atoms with Crippen molar-refractivity contribution in [1.29, 1.82) is 0 Å². The molecule has 4 aliphatic rings. The molecule has 0 radical (unpaired) electrons. The number of rotatable bonds is 3. The first-order valence-electron chi connectivity index (χ1n) is 10.4. The van der Waals surface area contributed by atoms with Crippen molar-refractivity contribution in [2.24, 2.45) is 0 Å².